The van der Waals surface area contributed by atoms with E-state index in [-0.39, 0.29) is 5.92 Å². The zero-order valence-electron chi connectivity index (χ0n) is 7.29. The van der Waals surface area contributed by atoms with Crippen LogP contribution < -0.4 is 0 Å². The van der Waals surface area contributed by atoms with Crippen LogP contribution in [0.4, 0.5) is 0 Å². The summed E-state index contributed by atoms with van der Waals surface area (Å²) in [5.74, 6) is 0.504. The number of carbonyl (C=O) groups is 1. The third kappa shape index (κ3) is 1.46. The second-order valence-electron chi connectivity index (χ2n) is 3.62. The van der Waals surface area contributed by atoms with Crippen molar-refractivity contribution in [2.24, 2.45) is 5.92 Å². The van der Waals surface area contributed by atoms with E-state index in [4.69, 9.17) is 4.74 Å². The smallest absolute Gasteiger partial charge is 0.230 e. The van der Waals surface area contributed by atoms with Crippen molar-refractivity contribution in [1.29, 1.82) is 0 Å². The maximum Gasteiger partial charge on any atom is 0.230 e. The van der Waals surface area contributed by atoms with Gasteiger partial charge in [-0.3, -0.25) is 4.79 Å². The molecule has 3 heteroatoms. The highest BCUT2D eigenvalue weighted by Crippen LogP contribution is 2.17. The monoisotopic (exact) mass is 169 g/mol. The summed E-state index contributed by atoms with van der Waals surface area (Å²) in [6.45, 7) is 3.23. The average molecular weight is 169 g/mol. The van der Waals surface area contributed by atoms with Crippen LogP contribution in [-0.2, 0) is 9.53 Å². The molecule has 0 unspecified atom stereocenters. The lowest BCUT2D eigenvalue weighted by Gasteiger charge is -2.33. The Bertz CT molecular complexity index is 171. The second-order valence-corrected chi connectivity index (χ2v) is 3.62. The van der Waals surface area contributed by atoms with Crippen molar-refractivity contribution < 1.29 is 9.53 Å². The van der Waals surface area contributed by atoms with Gasteiger partial charge < -0.3 is 9.64 Å². The highest BCUT2D eigenvalue weighted by Gasteiger charge is 2.30. The molecule has 0 spiro atoms. The van der Waals surface area contributed by atoms with Crippen LogP contribution in [0.1, 0.15) is 19.3 Å². The number of carbonyl (C=O) groups excluding carboxylic acids is 1. The first-order valence-corrected chi connectivity index (χ1v) is 4.74. The summed E-state index contributed by atoms with van der Waals surface area (Å²) in [7, 11) is 0. The average Bonchev–Trinajstić information content (AvgIpc) is 2.03. The van der Waals surface area contributed by atoms with Crippen molar-refractivity contribution in [3.63, 3.8) is 0 Å². The van der Waals surface area contributed by atoms with E-state index in [0.717, 1.165) is 13.1 Å². The number of amides is 1. The van der Waals surface area contributed by atoms with E-state index in [2.05, 4.69) is 0 Å². The second kappa shape index (κ2) is 3.44. The predicted octanol–water partition coefficient (Wildman–Crippen LogP) is 0.645. The molecule has 68 valence electrons. The van der Waals surface area contributed by atoms with E-state index in [0.29, 0.717) is 19.1 Å². The highest BCUT2D eigenvalue weighted by atomic mass is 16.5. The Labute approximate surface area is 72.7 Å². The number of nitrogens with zero attached hydrogens (tertiary/aromatic N) is 1. The maximum atomic E-state index is 11.6. The summed E-state index contributed by atoms with van der Waals surface area (Å²) >= 11 is 0. The van der Waals surface area contributed by atoms with Crippen LogP contribution >= 0.6 is 0 Å². The van der Waals surface area contributed by atoms with Gasteiger partial charge in [0.2, 0.25) is 5.91 Å². The van der Waals surface area contributed by atoms with E-state index >= 15 is 0 Å². The van der Waals surface area contributed by atoms with Crippen LogP contribution in [0.5, 0.6) is 0 Å². The standard InChI is InChI=1S/C9H15NO2/c11-9(8-6-12-7-8)10-4-2-1-3-5-10/h8H,1-7H2. The maximum absolute atomic E-state index is 11.6. The number of ether oxygens (including phenoxy) is 1. The SMILES string of the molecule is O=C(C1COC1)N1CCCCC1. The number of likely N-dealkylation sites (tertiary alicyclic amines) is 1. The molecule has 2 aliphatic rings. The Morgan fingerprint density at radius 1 is 1.17 bits per heavy atom. The Morgan fingerprint density at radius 2 is 1.83 bits per heavy atom. The van der Waals surface area contributed by atoms with Gasteiger partial charge in [0.15, 0.2) is 0 Å². The number of hydrogen-bond donors (Lipinski definition) is 0. The van der Waals surface area contributed by atoms with Crippen molar-refractivity contribution in [1.82, 2.24) is 4.90 Å². The molecule has 2 aliphatic heterocycles. The first-order chi connectivity index (χ1) is 5.88. The molecule has 0 radical (unpaired) electrons. The third-order valence-electron chi connectivity index (χ3n) is 2.66. The van der Waals surface area contributed by atoms with Gasteiger partial charge in [-0.05, 0) is 19.3 Å². The number of rotatable bonds is 1. The van der Waals surface area contributed by atoms with Gasteiger partial charge in [-0.2, -0.15) is 0 Å². The lowest BCUT2D eigenvalue weighted by Crippen LogP contribution is -2.46. The molecular weight excluding hydrogens is 154 g/mol. The normalized spacial score (nSPS) is 25.2. The molecule has 0 aromatic rings. The minimum atomic E-state index is 0.183. The van der Waals surface area contributed by atoms with Gasteiger partial charge in [0.1, 0.15) is 0 Å². The molecule has 12 heavy (non-hydrogen) atoms. The molecule has 0 N–H and O–H groups in total. The first kappa shape index (κ1) is 8.05. The predicted molar refractivity (Wildman–Crippen MR) is 44.7 cm³/mol. The Balaban J connectivity index is 1.84. The zero-order valence-corrected chi connectivity index (χ0v) is 7.29. The van der Waals surface area contributed by atoms with Crippen LogP contribution in [0.2, 0.25) is 0 Å². The van der Waals surface area contributed by atoms with Crippen molar-refractivity contribution in [2.75, 3.05) is 26.3 Å². The van der Waals surface area contributed by atoms with Gasteiger partial charge in [0.25, 0.3) is 0 Å². The van der Waals surface area contributed by atoms with Crippen molar-refractivity contribution in [2.45, 2.75) is 19.3 Å². The van der Waals surface area contributed by atoms with Gasteiger partial charge >= 0.3 is 0 Å². The Kier molecular flexibility index (Phi) is 2.30. The van der Waals surface area contributed by atoms with Crippen molar-refractivity contribution in [3.05, 3.63) is 0 Å². The Morgan fingerprint density at radius 3 is 2.33 bits per heavy atom. The molecule has 0 bridgehead atoms. The molecule has 2 rings (SSSR count). The fourth-order valence-electron chi connectivity index (χ4n) is 1.75. The first-order valence-electron chi connectivity index (χ1n) is 4.74. The zero-order chi connectivity index (χ0) is 8.39. The van der Waals surface area contributed by atoms with Crippen LogP contribution in [0.15, 0.2) is 0 Å². The number of hydrogen-bond acceptors (Lipinski definition) is 2. The van der Waals surface area contributed by atoms with Crippen molar-refractivity contribution in [3.8, 4) is 0 Å². The van der Waals surface area contributed by atoms with Gasteiger partial charge in [-0.1, -0.05) is 0 Å². The van der Waals surface area contributed by atoms with Gasteiger partial charge in [0.05, 0.1) is 19.1 Å². The van der Waals surface area contributed by atoms with Crippen LogP contribution in [-0.4, -0.2) is 37.1 Å². The molecule has 2 saturated heterocycles. The van der Waals surface area contributed by atoms with Gasteiger partial charge in [-0.15, -0.1) is 0 Å². The number of piperidine rings is 1. The molecule has 0 atom stereocenters. The van der Waals surface area contributed by atoms with Crippen molar-refractivity contribution >= 4 is 5.91 Å². The quantitative estimate of drug-likeness (QED) is 0.576. The van der Waals surface area contributed by atoms with Gasteiger partial charge in [0, 0.05) is 13.1 Å². The van der Waals surface area contributed by atoms with Crippen LogP contribution in [0.25, 0.3) is 0 Å². The molecule has 1 amide bonds. The molecule has 0 aliphatic carbocycles. The molecule has 0 aromatic heterocycles. The fraction of sp³-hybridized carbons (Fsp3) is 0.889. The summed E-state index contributed by atoms with van der Waals surface area (Å²) in [6, 6.07) is 0. The highest BCUT2D eigenvalue weighted by molar-refractivity contribution is 5.79. The molecule has 2 heterocycles. The molecular formula is C9H15NO2. The summed E-state index contributed by atoms with van der Waals surface area (Å²) in [5, 5.41) is 0. The van der Waals surface area contributed by atoms with E-state index in [1.54, 1.807) is 0 Å². The van der Waals surface area contributed by atoms with Crippen LogP contribution in [0, 0.1) is 5.92 Å². The summed E-state index contributed by atoms with van der Waals surface area (Å²) in [5.41, 5.74) is 0. The Hall–Kier alpha value is -0.570. The van der Waals surface area contributed by atoms with Crippen LogP contribution in [0.3, 0.4) is 0 Å². The van der Waals surface area contributed by atoms with E-state index < -0.39 is 0 Å². The fourth-order valence-corrected chi connectivity index (χ4v) is 1.75. The largest absolute Gasteiger partial charge is 0.380 e. The minimum absolute atomic E-state index is 0.183. The third-order valence-corrected chi connectivity index (χ3v) is 2.66. The lowest BCUT2D eigenvalue weighted by atomic mass is 10.0. The summed E-state index contributed by atoms with van der Waals surface area (Å²) in [4.78, 5) is 13.6. The lowest BCUT2D eigenvalue weighted by molar-refractivity contribution is -0.150. The van der Waals surface area contributed by atoms with E-state index in [9.17, 15) is 4.79 Å². The molecule has 0 saturated carbocycles. The molecule has 2 fully saturated rings. The summed E-state index contributed by atoms with van der Waals surface area (Å²) < 4.78 is 5.00. The van der Waals surface area contributed by atoms with Gasteiger partial charge in [-0.25, -0.2) is 0 Å². The molecule has 3 nitrogen and oxygen atoms in total. The molecule has 0 aromatic carbocycles. The van der Waals surface area contributed by atoms with E-state index in [1.807, 2.05) is 4.90 Å². The summed E-state index contributed by atoms with van der Waals surface area (Å²) in [6.07, 6.45) is 3.64. The topological polar surface area (TPSA) is 29.5 Å². The minimum Gasteiger partial charge on any atom is -0.380 e. The van der Waals surface area contributed by atoms with E-state index in [1.165, 1.54) is 19.3 Å².